The van der Waals surface area contributed by atoms with Crippen LogP contribution in [-0.2, 0) is 37.7 Å². The van der Waals surface area contributed by atoms with E-state index >= 15 is 0 Å². The molecule has 0 fully saturated rings. The van der Waals surface area contributed by atoms with Crippen molar-refractivity contribution in [3.05, 3.63) is 31.1 Å². The first-order chi connectivity index (χ1) is 15.3. The maximum atomic E-state index is 7.50. The molecule has 0 radical (unpaired) electrons. The summed E-state index contributed by atoms with van der Waals surface area (Å²) in [5, 5.41) is 3.04. The van der Waals surface area contributed by atoms with Crippen molar-refractivity contribution in [3.63, 3.8) is 0 Å². The van der Waals surface area contributed by atoms with Crippen LogP contribution < -0.4 is 19.8 Å². The second kappa shape index (κ2) is 16.6. The monoisotopic (exact) mass is 542 g/mol. The first-order valence-electron chi connectivity index (χ1n) is 11.3. The smallest absolute Gasteiger partial charge is 0 e. The minimum absolute atomic E-state index is 0. The molecule has 1 aromatic rings. The van der Waals surface area contributed by atoms with E-state index in [2.05, 4.69) is 80.0 Å². The third-order valence-corrected chi connectivity index (χ3v) is 9.89. The number of benzene rings is 1. The Morgan fingerprint density at radius 3 is 1.53 bits per heavy atom. The van der Waals surface area contributed by atoms with Crippen LogP contribution >= 0.6 is 0 Å². The molecule has 5 nitrogen and oxygen atoms in total. The number of fused-ring (bicyclic) bond motifs is 1. The third kappa shape index (κ3) is 9.23. The maximum Gasteiger partial charge on any atom is 0 e. The van der Waals surface area contributed by atoms with Crippen molar-refractivity contribution in [3.8, 4) is 11.5 Å². The molecule has 1 aliphatic rings. The van der Waals surface area contributed by atoms with E-state index in [9.17, 15) is 0 Å². The molecule has 1 aromatic carbocycles. The molecule has 190 valence electrons. The first kappa shape index (κ1) is 37.6. The van der Waals surface area contributed by atoms with Crippen LogP contribution in [-0.4, -0.2) is 30.4 Å². The fraction of sp³-hybridized carbons (Fsp3) is 0.654. The second-order valence-electron chi connectivity index (χ2n) is 11.1. The number of ether oxygens (including phenoxy) is 2. The zero-order valence-corrected chi connectivity index (χ0v) is 26.1. The zero-order valence-electron chi connectivity index (χ0n) is 22.8. The molecule has 0 N–H and O–H groups in total. The van der Waals surface area contributed by atoms with E-state index in [1.807, 2.05) is 14.2 Å². The van der Waals surface area contributed by atoms with Gasteiger partial charge < -0.3 is 9.47 Å². The Balaban J connectivity index is -0.00000127. The van der Waals surface area contributed by atoms with Crippen molar-refractivity contribution in [1.82, 2.24) is 0 Å². The van der Waals surface area contributed by atoms with Crippen LogP contribution in [0.3, 0.4) is 0 Å². The molecular weight excluding hydrogens is 500 g/mol. The largest absolute Gasteiger partial charge is 0 e. The van der Waals surface area contributed by atoms with Crippen LogP contribution in [0.5, 0.6) is 11.5 Å². The Hall–Kier alpha value is -0.994. The fourth-order valence-corrected chi connectivity index (χ4v) is 9.28. The molecule has 0 amide bonds. The average molecular weight is 543 g/mol. The summed E-state index contributed by atoms with van der Waals surface area (Å²) < 4.78 is 34.7. The van der Waals surface area contributed by atoms with Gasteiger partial charge in [-0.05, 0) is 58.5 Å². The van der Waals surface area contributed by atoms with Crippen molar-refractivity contribution >= 4 is 26.5 Å². The summed E-state index contributed by atoms with van der Waals surface area (Å²) >= 11 is 0. The van der Waals surface area contributed by atoms with Gasteiger partial charge in [0.05, 0.1) is 30.4 Å². The summed E-state index contributed by atoms with van der Waals surface area (Å²) in [5.41, 5.74) is 3.30. The molecule has 8 heteroatoms. The fourth-order valence-electron chi connectivity index (χ4n) is 5.18. The number of hydrogen-bond acceptors (Lipinski definition) is 2. The van der Waals surface area contributed by atoms with Gasteiger partial charge in [0.2, 0.25) is 0 Å². The summed E-state index contributed by atoms with van der Waals surface area (Å²) in [6.45, 7) is 35.4. The molecular formula is C26H42CrO5Si2. The van der Waals surface area contributed by atoms with E-state index in [-0.39, 0.29) is 17.4 Å². The summed E-state index contributed by atoms with van der Waals surface area (Å²) in [6, 6.07) is 0. The van der Waals surface area contributed by atoms with Gasteiger partial charge >= 0.3 is 33.9 Å². The SMILES string of the molecule is COc1c(OC)c([Si](C)(C)C)c2c(c1[Si](C)(C)C)C[C@@H](C)C[C@@H]2CC(C)C.[C-]#[O+].[C-]#[O+].[C-]#[O+].[Cr]. The van der Waals surface area contributed by atoms with Crippen molar-refractivity contribution in [2.45, 2.75) is 85.2 Å². The van der Waals surface area contributed by atoms with E-state index in [0.717, 1.165) is 17.4 Å². The topological polar surface area (TPSA) is 78.2 Å². The van der Waals surface area contributed by atoms with Gasteiger partial charge in [0.25, 0.3) is 0 Å². The van der Waals surface area contributed by atoms with Crippen molar-refractivity contribution in [2.24, 2.45) is 11.8 Å². The predicted octanol–water partition coefficient (Wildman–Crippen LogP) is 5.39. The summed E-state index contributed by atoms with van der Waals surface area (Å²) in [6.07, 6.45) is 3.78. The summed E-state index contributed by atoms with van der Waals surface area (Å²) in [7, 11) is 0.462. The van der Waals surface area contributed by atoms with E-state index in [0.29, 0.717) is 11.8 Å². The van der Waals surface area contributed by atoms with Gasteiger partial charge in [-0.1, -0.05) is 60.1 Å². The van der Waals surface area contributed by atoms with Crippen LogP contribution in [0.4, 0.5) is 0 Å². The minimum Gasteiger partial charge on any atom is 0 e. The molecule has 0 saturated heterocycles. The Bertz CT molecular complexity index is 804. The van der Waals surface area contributed by atoms with E-state index in [1.165, 1.54) is 29.6 Å². The molecule has 0 spiro atoms. The first-order valence-corrected chi connectivity index (χ1v) is 18.3. The Labute approximate surface area is 220 Å². The Morgan fingerprint density at radius 1 is 0.824 bits per heavy atom. The molecule has 0 heterocycles. The second-order valence-corrected chi connectivity index (χ2v) is 21.1. The van der Waals surface area contributed by atoms with Crippen LogP contribution in [0.15, 0.2) is 0 Å². The van der Waals surface area contributed by atoms with Gasteiger partial charge in [-0.3, -0.25) is 0 Å². The van der Waals surface area contributed by atoms with E-state index in [1.54, 1.807) is 11.1 Å². The molecule has 0 aliphatic heterocycles. The van der Waals surface area contributed by atoms with Gasteiger partial charge in [-0.15, -0.1) is 0 Å². The molecule has 0 unspecified atom stereocenters. The average Bonchev–Trinajstić information content (AvgIpc) is 2.74. The normalized spacial score (nSPS) is 16.5. The standard InChI is InChI=1S/C23H42O2Si2.3CO.Cr/c1-15(2)12-17-13-16(3)14-18-19(17)23(27(9,10)11)21(25-5)20(24-4)22(18)26(6,7)8;3*1-2;/h15-17H,12-14H2,1-11H3;;;;/t16-,17-;;;;/m0..../s1. The zero-order chi connectivity index (χ0) is 26.7. The molecule has 0 saturated carbocycles. The van der Waals surface area contributed by atoms with Gasteiger partial charge in [0.15, 0.2) is 11.5 Å². The van der Waals surface area contributed by atoms with Crippen LogP contribution in [0.2, 0.25) is 39.3 Å². The van der Waals surface area contributed by atoms with Crippen LogP contribution in [0, 0.1) is 31.8 Å². The van der Waals surface area contributed by atoms with Crippen molar-refractivity contribution < 1.29 is 40.8 Å². The quantitative estimate of drug-likeness (QED) is 0.274. The van der Waals surface area contributed by atoms with Crippen LogP contribution in [0.1, 0.15) is 50.7 Å². The van der Waals surface area contributed by atoms with Gasteiger partial charge in [0, 0.05) is 17.4 Å². The summed E-state index contributed by atoms with van der Waals surface area (Å²) in [4.78, 5) is 0. The Kier molecular flexibility index (Phi) is 18.4. The molecule has 34 heavy (non-hydrogen) atoms. The summed E-state index contributed by atoms with van der Waals surface area (Å²) in [5.74, 6) is 4.21. The van der Waals surface area contributed by atoms with E-state index in [4.69, 9.17) is 23.4 Å². The van der Waals surface area contributed by atoms with Crippen LogP contribution in [0.25, 0.3) is 0 Å². The minimum atomic E-state index is -1.61. The molecule has 0 aromatic heterocycles. The molecule has 0 bridgehead atoms. The number of rotatable bonds is 6. The number of methoxy groups -OCH3 is 2. The van der Waals surface area contributed by atoms with Gasteiger partial charge in [-0.2, -0.15) is 0 Å². The van der Waals surface area contributed by atoms with Gasteiger partial charge in [-0.25, -0.2) is 0 Å². The molecule has 2 rings (SSSR count). The maximum absolute atomic E-state index is 7.50. The number of hydrogen-bond donors (Lipinski definition) is 0. The molecule has 2 atom stereocenters. The van der Waals surface area contributed by atoms with Crippen molar-refractivity contribution in [2.75, 3.05) is 14.2 Å². The molecule has 1 aliphatic carbocycles. The predicted molar refractivity (Wildman–Crippen MR) is 137 cm³/mol. The van der Waals surface area contributed by atoms with Crippen molar-refractivity contribution in [1.29, 1.82) is 0 Å². The van der Waals surface area contributed by atoms with Gasteiger partial charge in [0.1, 0.15) is 0 Å². The Morgan fingerprint density at radius 2 is 1.21 bits per heavy atom. The third-order valence-electron chi connectivity index (χ3n) is 5.87. The van der Waals surface area contributed by atoms with E-state index < -0.39 is 16.1 Å².